The Morgan fingerprint density at radius 1 is 1.00 bits per heavy atom. The largest absolute Gasteiger partial charge is 0.497 e. The second kappa shape index (κ2) is 11.2. The van der Waals surface area contributed by atoms with E-state index in [0.717, 1.165) is 5.56 Å². The van der Waals surface area contributed by atoms with Crippen LogP contribution in [0.25, 0.3) is 0 Å². The average Bonchev–Trinajstić information content (AvgIpc) is 2.72. The number of hydrogen-bond acceptors (Lipinski definition) is 6. The van der Waals surface area contributed by atoms with Crippen molar-refractivity contribution >= 4 is 5.91 Å². The maximum absolute atomic E-state index is 12.4. The van der Waals surface area contributed by atoms with E-state index >= 15 is 0 Å². The first-order valence-corrected chi connectivity index (χ1v) is 9.14. The molecule has 9 heteroatoms. The lowest BCUT2D eigenvalue weighted by Gasteiger charge is -2.18. The molecule has 0 spiro atoms. The number of benzene rings is 2. The Kier molecular flexibility index (Phi) is 8.67. The molecule has 0 saturated carbocycles. The van der Waals surface area contributed by atoms with Crippen LogP contribution in [0.1, 0.15) is 11.1 Å². The van der Waals surface area contributed by atoms with E-state index in [1.165, 1.54) is 13.2 Å². The number of ether oxygens (including phenoxy) is 4. The molecule has 164 valence electrons. The topological polar surface area (TPSA) is 69.3 Å². The molecule has 0 bridgehead atoms. The van der Waals surface area contributed by atoms with Crippen molar-refractivity contribution < 1.29 is 32.5 Å². The Bertz CT molecular complexity index is 848. The molecule has 2 rings (SSSR count). The third-order valence-electron chi connectivity index (χ3n) is 4.28. The van der Waals surface area contributed by atoms with Crippen LogP contribution in [0.4, 0.5) is 8.78 Å². The maximum atomic E-state index is 12.4. The van der Waals surface area contributed by atoms with Gasteiger partial charge in [-0.1, -0.05) is 12.1 Å². The van der Waals surface area contributed by atoms with Crippen molar-refractivity contribution in [1.82, 2.24) is 10.2 Å². The average molecular weight is 424 g/mol. The fourth-order valence-electron chi connectivity index (χ4n) is 2.85. The molecule has 0 radical (unpaired) electrons. The highest BCUT2D eigenvalue weighted by atomic mass is 19.3. The summed E-state index contributed by atoms with van der Waals surface area (Å²) in [4.78, 5) is 14.1. The fraction of sp³-hybridized carbons (Fsp3) is 0.381. The van der Waals surface area contributed by atoms with Gasteiger partial charge in [-0.15, -0.1) is 0 Å². The maximum Gasteiger partial charge on any atom is 0.387 e. The van der Waals surface area contributed by atoms with E-state index in [2.05, 4.69) is 10.1 Å². The number of nitrogens with one attached hydrogen (secondary N) is 1. The quantitative estimate of drug-likeness (QED) is 0.598. The van der Waals surface area contributed by atoms with Gasteiger partial charge in [0.1, 0.15) is 11.5 Å². The number of likely N-dealkylation sites (N-methyl/N-ethyl adjacent to an activating group) is 1. The highest BCUT2D eigenvalue weighted by Gasteiger charge is 2.13. The molecule has 7 nitrogen and oxygen atoms in total. The number of rotatable bonds is 11. The molecule has 2 aromatic rings. The van der Waals surface area contributed by atoms with E-state index in [0.29, 0.717) is 23.6 Å². The predicted octanol–water partition coefficient (Wildman–Crippen LogP) is 3.06. The number of carbonyl (C=O) groups excluding carboxylic acids is 1. The summed E-state index contributed by atoms with van der Waals surface area (Å²) in [5.41, 5.74) is 1.62. The van der Waals surface area contributed by atoms with Crippen molar-refractivity contribution in [2.75, 3.05) is 34.9 Å². The van der Waals surface area contributed by atoms with Gasteiger partial charge in [0.15, 0.2) is 11.5 Å². The van der Waals surface area contributed by atoms with Crippen LogP contribution >= 0.6 is 0 Å². The van der Waals surface area contributed by atoms with Gasteiger partial charge in [-0.05, 0) is 30.8 Å². The zero-order valence-corrected chi connectivity index (χ0v) is 17.4. The SMILES string of the molecule is COc1ccc(CN(C)CC(=O)NCc2ccc(OC(F)F)c(OC)c2)c(OC)c1. The third-order valence-corrected chi connectivity index (χ3v) is 4.28. The molecule has 0 aliphatic carbocycles. The third kappa shape index (κ3) is 6.77. The summed E-state index contributed by atoms with van der Waals surface area (Å²) in [5, 5.41) is 2.80. The van der Waals surface area contributed by atoms with E-state index < -0.39 is 6.61 Å². The minimum Gasteiger partial charge on any atom is -0.497 e. The summed E-state index contributed by atoms with van der Waals surface area (Å²) < 4.78 is 44.8. The van der Waals surface area contributed by atoms with Crippen LogP contribution in [-0.4, -0.2) is 52.3 Å². The summed E-state index contributed by atoms with van der Waals surface area (Å²) in [6.07, 6.45) is 0. The van der Waals surface area contributed by atoms with Crippen molar-refractivity contribution in [3.63, 3.8) is 0 Å². The van der Waals surface area contributed by atoms with Gasteiger partial charge in [0.05, 0.1) is 27.9 Å². The van der Waals surface area contributed by atoms with Gasteiger partial charge in [0.25, 0.3) is 0 Å². The first-order valence-electron chi connectivity index (χ1n) is 9.14. The number of methoxy groups -OCH3 is 3. The van der Waals surface area contributed by atoms with Crippen molar-refractivity contribution in [2.45, 2.75) is 19.7 Å². The Labute approximate surface area is 174 Å². The van der Waals surface area contributed by atoms with Crippen molar-refractivity contribution in [3.05, 3.63) is 47.5 Å². The van der Waals surface area contributed by atoms with E-state index in [9.17, 15) is 13.6 Å². The van der Waals surface area contributed by atoms with Crippen LogP contribution in [0, 0.1) is 0 Å². The Morgan fingerprint density at radius 2 is 1.73 bits per heavy atom. The molecule has 0 aromatic heterocycles. The summed E-state index contributed by atoms with van der Waals surface area (Å²) in [5.74, 6) is 1.30. The zero-order chi connectivity index (χ0) is 22.1. The normalized spacial score (nSPS) is 10.8. The van der Waals surface area contributed by atoms with Crippen molar-refractivity contribution in [2.24, 2.45) is 0 Å². The van der Waals surface area contributed by atoms with Gasteiger partial charge >= 0.3 is 6.61 Å². The minimum absolute atomic E-state index is 0.0595. The van der Waals surface area contributed by atoms with E-state index in [1.807, 2.05) is 24.1 Å². The Balaban J connectivity index is 1.90. The summed E-state index contributed by atoms with van der Waals surface area (Å²) in [6, 6.07) is 10.0. The fourth-order valence-corrected chi connectivity index (χ4v) is 2.85. The van der Waals surface area contributed by atoms with Crippen molar-refractivity contribution in [3.8, 4) is 23.0 Å². The second-order valence-corrected chi connectivity index (χ2v) is 6.49. The first-order chi connectivity index (χ1) is 14.4. The predicted molar refractivity (Wildman–Crippen MR) is 107 cm³/mol. The molecule has 1 amide bonds. The van der Waals surface area contributed by atoms with E-state index in [-0.39, 0.29) is 30.5 Å². The molecule has 2 aromatic carbocycles. The summed E-state index contributed by atoms with van der Waals surface area (Å²) >= 11 is 0. The Hall–Kier alpha value is -3.07. The second-order valence-electron chi connectivity index (χ2n) is 6.49. The van der Waals surface area contributed by atoms with Gasteiger partial charge in [-0.3, -0.25) is 9.69 Å². The number of hydrogen-bond donors (Lipinski definition) is 1. The zero-order valence-electron chi connectivity index (χ0n) is 17.4. The summed E-state index contributed by atoms with van der Waals surface area (Å²) in [7, 11) is 6.35. The lowest BCUT2D eigenvalue weighted by molar-refractivity contribution is -0.122. The molecule has 30 heavy (non-hydrogen) atoms. The number of carbonyl (C=O) groups is 1. The molecule has 0 unspecified atom stereocenters. The first kappa shape index (κ1) is 23.2. The summed E-state index contributed by atoms with van der Waals surface area (Å²) in [6.45, 7) is -2.04. The minimum atomic E-state index is -2.94. The lowest BCUT2D eigenvalue weighted by atomic mass is 10.1. The van der Waals surface area contributed by atoms with Gasteiger partial charge in [-0.2, -0.15) is 8.78 Å². The number of amides is 1. The number of halogens is 2. The lowest BCUT2D eigenvalue weighted by Crippen LogP contribution is -2.34. The van der Waals surface area contributed by atoms with Crippen LogP contribution in [0.5, 0.6) is 23.0 Å². The highest BCUT2D eigenvalue weighted by Crippen LogP contribution is 2.29. The Morgan fingerprint density at radius 3 is 2.37 bits per heavy atom. The molecule has 0 fully saturated rings. The number of alkyl halides is 2. The van der Waals surface area contributed by atoms with Crippen LogP contribution in [-0.2, 0) is 17.9 Å². The smallest absolute Gasteiger partial charge is 0.387 e. The number of nitrogens with zero attached hydrogens (tertiary/aromatic N) is 1. The monoisotopic (exact) mass is 424 g/mol. The van der Waals surface area contributed by atoms with Crippen LogP contribution < -0.4 is 24.3 Å². The van der Waals surface area contributed by atoms with Gasteiger partial charge in [-0.25, -0.2) is 0 Å². The van der Waals surface area contributed by atoms with Gasteiger partial charge in [0, 0.05) is 24.7 Å². The van der Waals surface area contributed by atoms with Crippen molar-refractivity contribution in [1.29, 1.82) is 0 Å². The molecular formula is C21H26F2N2O5. The van der Waals surface area contributed by atoms with Crippen LogP contribution in [0.2, 0.25) is 0 Å². The highest BCUT2D eigenvalue weighted by molar-refractivity contribution is 5.78. The molecule has 1 N–H and O–H groups in total. The molecule has 0 aliphatic heterocycles. The van der Waals surface area contributed by atoms with Gasteiger partial charge in [0.2, 0.25) is 5.91 Å². The van der Waals surface area contributed by atoms with E-state index in [1.54, 1.807) is 32.4 Å². The van der Waals surface area contributed by atoms with Gasteiger partial charge < -0.3 is 24.3 Å². The van der Waals surface area contributed by atoms with E-state index in [4.69, 9.17) is 14.2 Å². The van der Waals surface area contributed by atoms with Crippen LogP contribution in [0.15, 0.2) is 36.4 Å². The molecule has 0 heterocycles. The molecule has 0 atom stereocenters. The standard InChI is InChI=1S/C21H26F2N2O5/c1-25(12-15-6-7-16(27-2)10-18(15)28-3)13-20(26)24-11-14-5-8-17(30-21(22)23)19(9-14)29-4/h5-10,21H,11-13H2,1-4H3,(H,24,26). The van der Waals surface area contributed by atoms with Crippen LogP contribution in [0.3, 0.4) is 0 Å². The molecular weight excluding hydrogens is 398 g/mol. The molecule has 0 aliphatic rings. The molecule has 0 saturated heterocycles.